The second-order valence-electron chi connectivity index (χ2n) is 3.93. The zero-order valence-corrected chi connectivity index (χ0v) is 13.4. The largest absolute Gasteiger partial charge is 0.704 e. The van der Waals surface area contributed by atoms with Crippen molar-refractivity contribution < 1.29 is 19.3 Å². The normalized spacial score (nSPS) is 24.8. The van der Waals surface area contributed by atoms with Gasteiger partial charge in [0.15, 0.2) is 0 Å². The predicted octanol–water partition coefficient (Wildman–Crippen LogP) is -0.293. The Labute approximate surface area is 120 Å². The first-order valence-corrected chi connectivity index (χ1v) is 10.0. The van der Waals surface area contributed by atoms with Crippen molar-refractivity contribution in [2.24, 2.45) is 0 Å². The Balaban J connectivity index is 0.000000225. The Morgan fingerprint density at radius 2 is 1.78 bits per heavy atom. The molecule has 8 heteroatoms. The first kappa shape index (κ1) is 16.9. The lowest BCUT2D eigenvalue weighted by atomic mass is 10.5. The minimum atomic E-state index is -2.10. The fourth-order valence-electron chi connectivity index (χ4n) is 1.62. The Morgan fingerprint density at radius 3 is 2.17 bits per heavy atom. The summed E-state index contributed by atoms with van der Waals surface area (Å²) in [6.07, 6.45) is 0. The molecule has 1 atom stereocenters. The van der Waals surface area contributed by atoms with Crippen LogP contribution in [0.15, 0.2) is 0 Å². The summed E-state index contributed by atoms with van der Waals surface area (Å²) in [5.41, 5.74) is -2.10. The highest BCUT2D eigenvalue weighted by Crippen LogP contribution is 2.48. The first-order chi connectivity index (χ1) is 8.67. The summed E-state index contributed by atoms with van der Waals surface area (Å²) >= 11 is 10.5. The van der Waals surface area contributed by atoms with Gasteiger partial charge in [-0.15, -0.1) is 0 Å². The SMILES string of the molecule is C1COCC[NH2+]1.CCOP(=S)([S-])N1CCOCC1. The zero-order valence-electron chi connectivity index (χ0n) is 10.9. The molecule has 5 nitrogen and oxygen atoms in total. The van der Waals surface area contributed by atoms with E-state index >= 15 is 0 Å². The maximum Gasteiger partial charge on any atom is 0.0993 e. The van der Waals surface area contributed by atoms with Crippen molar-refractivity contribution in [3.8, 4) is 0 Å². The summed E-state index contributed by atoms with van der Waals surface area (Å²) in [7, 11) is 0. The van der Waals surface area contributed by atoms with Gasteiger partial charge in [-0.25, -0.2) is 0 Å². The molecule has 0 aromatic carbocycles. The van der Waals surface area contributed by atoms with Gasteiger partial charge < -0.3 is 31.6 Å². The summed E-state index contributed by atoms with van der Waals surface area (Å²) in [6.45, 7) is 9.82. The number of rotatable bonds is 3. The van der Waals surface area contributed by atoms with Crippen molar-refractivity contribution >= 4 is 29.7 Å². The van der Waals surface area contributed by atoms with Gasteiger partial charge >= 0.3 is 0 Å². The molecule has 0 aromatic heterocycles. The lowest BCUT2D eigenvalue weighted by Gasteiger charge is -2.41. The molecule has 0 amide bonds. The molecule has 0 bridgehead atoms. The molecule has 1 unspecified atom stereocenters. The van der Waals surface area contributed by atoms with Crippen molar-refractivity contribution in [3.05, 3.63) is 0 Å². The van der Waals surface area contributed by atoms with E-state index in [2.05, 4.69) is 9.99 Å². The van der Waals surface area contributed by atoms with Crippen molar-refractivity contribution in [2.45, 2.75) is 6.92 Å². The van der Waals surface area contributed by atoms with E-state index in [1.54, 1.807) is 0 Å². The molecule has 2 fully saturated rings. The van der Waals surface area contributed by atoms with Gasteiger partial charge in [0.1, 0.15) is 0 Å². The summed E-state index contributed by atoms with van der Waals surface area (Å²) in [5, 5.41) is 2.27. The number of hydrogen-bond donors (Lipinski definition) is 1. The molecule has 0 aromatic rings. The summed E-state index contributed by atoms with van der Waals surface area (Å²) in [4.78, 5) is 0. The average molecular weight is 314 g/mol. The molecule has 0 spiro atoms. The van der Waals surface area contributed by atoms with Crippen LogP contribution < -0.4 is 5.32 Å². The van der Waals surface area contributed by atoms with Crippen LogP contribution in [0.3, 0.4) is 0 Å². The van der Waals surface area contributed by atoms with Crippen molar-refractivity contribution in [1.82, 2.24) is 4.67 Å². The summed E-state index contributed by atoms with van der Waals surface area (Å²) in [5.74, 6) is 0. The zero-order chi connectivity index (χ0) is 13.3. The number of hydrogen-bond acceptors (Lipinski definition) is 5. The lowest BCUT2D eigenvalue weighted by molar-refractivity contribution is -0.670. The highest BCUT2D eigenvalue weighted by molar-refractivity contribution is 8.52. The third-order valence-corrected chi connectivity index (χ3v) is 6.25. The number of quaternary nitrogens is 1. The number of nitrogens with two attached hydrogens (primary N) is 1. The average Bonchev–Trinajstić information content (AvgIpc) is 2.42. The van der Waals surface area contributed by atoms with Crippen molar-refractivity contribution in [2.75, 3.05) is 59.2 Å². The van der Waals surface area contributed by atoms with E-state index in [1.165, 1.54) is 0 Å². The van der Waals surface area contributed by atoms with Crippen LogP contribution in [0.4, 0.5) is 0 Å². The fourth-order valence-corrected chi connectivity index (χ4v) is 4.38. The van der Waals surface area contributed by atoms with Gasteiger partial charge in [-0.2, -0.15) is 0 Å². The van der Waals surface area contributed by atoms with Crippen LogP contribution in [0, 0.1) is 0 Å². The molecule has 2 aliphatic rings. The first-order valence-electron chi connectivity index (χ1n) is 6.35. The Kier molecular flexibility index (Phi) is 9.05. The van der Waals surface area contributed by atoms with E-state index < -0.39 is 5.62 Å². The Morgan fingerprint density at radius 1 is 1.22 bits per heavy atom. The topological polar surface area (TPSA) is 47.5 Å². The number of ether oxygens (including phenoxy) is 2. The molecule has 2 saturated heterocycles. The number of nitrogens with zero attached hydrogens (tertiary/aromatic N) is 1. The van der Waals surface area contributed by atoms with Gasteiger partial charge in [0.2, 0.25) is 0 Å². The highest BCUT2D eigenvalue weighted by Gasteiger charge is 2.16. The molecule has 0 radical (unpaired) electrons. The van der Waals surface area contributed by atoms with Crippen LogP contribution in [0.25, 0.3) is 0 Å². The van der Waals surface area contributed by atoms with Crippen LogP contribution in [-0.4, -0.2) is 63.9 Å². The summed E-state index contributed by atoms with van der Waals surface area (Å²) < 4.78 is 17.7. The summed E-state index contributed by atoms with van der Waals surface area (Å²) in [6, 6.07) is 0. The molecular weight excluding hydrogens is 291 g/mol. The van der Waals surface area contributed by atoms with Crippen LogP contribution in [-0.2, 0) is 38.1 Å². The van der Waals surface area contributed by atoms with E-state index in [-0.39, 0.29) is 0 Å². The van der Waals surface area contributed by atoms with Gasteiger partial charge in [0.05, 0.1) is 39.5 Å². The van der Waals surface area contributed by atoms with Crippen LogP contribution in [0.2, 0.25) is 0 Å². The van der Waals surface area contributed by atoms with Crippen molar-refractivity contribution in [3.63, 3.8) is 0 Å². The molecule has 2 aliphatic heterocycles. The van der Waals surface area contributed by atoms with Crippen LogP contribution in [0.1, 0.15) is 6.92 Å². The molecule has 0 saturated carbocycles. The lowest BCUT2D eigenvalue weighted by Crippen LogP contribution is -2.87. The fraction of sp³-hybridized carbons (Fsp3) is 1.00. The molecule has 2 rings (SSSR count). The Bertz CT molecular complexity index is 250. The van der Waals surface area contributed by atoms with Gasteiger partial charge in [0.25, 0.3) is 0 Å². The molecule has 108 valence electrons. The third-order valence-electron chi connectivity index (χ3n) is 2.56. The van der Waals surface area contributed by atoms with E-state index in [9.17, 15) is 0 Å². The quantitative estimate of drug-likeness (QED) is 0.570. The van der Waals surface area contributed by atoms with E-state index in [1.807, 2.05) is 6.92 Å². The maximum atomic E-state index is 5.38. The standard InChI is InChI=1S/C6H14NO2PS2.C4H9NO/c1-2-9-10(11,12)7-3-5-8-6-4-7;1-3-6-4-2-5-1/h2-6H2,1H3,(H,11,12);5H,1-4H2. The minimum Gasteiger partial charge on any atom is -0.704 e. The molecular formula is C10H23N2O3PS2. The molecule has 0 aliphatic carbocycles. The van der Waals surface area contributed by atoms with E-state index in [0.717, 1.165) is 52.6 Å². The number of morpholine rings is 2. The molecule has 2 heterocycles. The van der Waals surface area contributed by atoms with Crippen LogP contribution >= 0.6 is 5.62 Å². The van der Waals surface area contributed by atoms with Crippen molar-refractivity contribution in [1.29, 1.82) is 0 Å². The molecule has 18 heavy (non-hydrogen) atoms. The Hall–Kier alpha value is 0.800. The second-order valence-corrected chi connectivity index (χ2v) is 9.35. The second kappa shape index (κ2) is 9.66. The van der Waals surface area contributed by atoms with E-state index in [4.69, 9.17) is 38.1 Å². The van der Waals surface area contributed by atoms with Crippen LogP contribution in [0.5, 0.6) is 0 Å². The predicted molar refractivity (Wildman–Crippen MR) is 78.1 cm³/mol. The van der Waals surface area contributed by atoms with Gasteiger partial charge in [0, 0.05) is 25.3 Å². The minimum absolute atomic E-state index is 0.609. The van der Waals surface area contributed by atoms with Gasteiger partial charge in [-0.1, -0.05) is 11.8 Å². The van der Waals surface area contributed by atoms with Gasteiger partial charge in [-0.3, -0.25) is 4.67 Å². The third kappa shape index (κ3) is 6.82. The smallest absolute Gasteiger partial charge is 0.0993 e. The maximum absolute atomic E-state index is 5.38. The monoisotopic (exact) mass is 314 g/mol. The van der Waals surface area contributed by atoms with E-state index in [0.29, 0.717) is 6.61 Å². The highest BCUT2D eigenvalue weighted by atomic mass is 32.9. The van der Waals surface area contributed by atoms with Gasteiger partial charge in [-0.05, 0) is 6.92 Å². The molecule has 2 N–H and O–H groups in total.